The van der Waals surface area contributed by atoms with Gasteiger partial charge in [-0.15, -0.1) is 0 Å². The predicted octanol–water partition coefficient (Wildman–Crippen LogP) is 6.58. The molecule has 1 heteroatoms. The van der Waals surface area contributed by atoms with E-state index in [9.17, 15) is 0 Å². The average Bonchev–Trinajstić information content (AvgIpc) is 2.42. The molecule has 0 amide bonds. The first-order chi connectivity index (χ1) is 8.83. The molecule has 0 aromatic carbocycles. The van der Waals surface area contributed by atoms with Crippen LogP contribution in [-0.4, -0.2) is 10.5 Å². The van der Waals surface area contributed by atoms with E-state index < -0.39 is 0 Å². The zero-order valence-electron chi connectivity index (χ0n) is 12.8. The highest BCUT2D eigenvalue weighted by atomic mass is 32.2. The topological polar surface area (TPSA) is 0 Å². The van der Waals surface area contributed by atoms with Crippen molar-refractivity contribution in [1.29, 1.82) is 0 Å². The van der Waals surface area contributed by atoms with E-state index in [0.717, 1.165) is 0 Å². The molecule has 0 radical (unpaired) electrons. The highest BCUT2D eigenvalue weighted by Gasteiger charge is 2.31. The van der Waals surface area contributed by atoms with Gasteiger partial charge in [-0.1, -0.05) is 71.6 Å². The first kappa shape index (κ1) is 16.4. The number of unbranched alkanes of at least 4 members (excludes halogenated alkanes) is 5. The first-order valence-corrected chi connectivity index (χ1v) is 9.45. The SMILES string of the molecule is CCCCCCCSC1(CCCC)CCCCC1. The van der Waals surface area contributed by atoms with Crippen molar-refractivity contribution in [3.63, 3.8) is 0 Å². The van der Waals surface area contributed by atoms with Gasteiger partial charge in [0.1, 0.15) is 0 Å². The fourth-order valence-electron chi connectivity index (χ4n) is 3.16. The summed E-state index contributed by atoms with van der Waals surface area (Å²) in [5.41, 5.74) is 0. The molecule has 1 rings (SSSR count). The molecule has 0 aromatic rings. The smallest absolute Gasteiger partial charge is 0.0160 e. The van der Waals surface area contributed by atoms with Crippen LogP contribution in [0.2, 0.25) is 0 Å². The van der Waals surface area contributed by atoms with Crippen LogP contribution >= 0.6 is 11.8 Å². The molecule has 0 N–H and O–H groups in total. The highest BCUT2D eigenvalue weighted by Crippen LogP contribution is 2.44. The minimum Gasteiger partial charge on any atom is -0.155 e. The summed E-state index contributed by atoms with van der Waals surface area (Å²) in [6, 6.07) is 0. The van der Waals surface area contributed by atoms with Crippen LogP contribution in [-0.2, 0) is 0 Å². The van der Waals surface area contributed by atoms with E-state index in [-0.39, 0.29) is 0 Å². The zero-order valence-corrected chi connectivity index (χ0v) is 13.6. The maximum atomic E-state index is 2.34. The van der Waals surface area contributed by atoms with Gasteiger partial charge in [-0.3, -0.25) is 0 Å². The second-order valence-corrected chi connectivity index (χ2v) is 7.67. The van der Waals surface area contributed by atoms with E-state index in [4.69, 9.17) is 0 Å². The molecule has 0 atom stereocenters. The van der Waals surface area contributed by atoms with Crippen molar-refractivity contribution in [2.75, 3.05) is 5.75 Å². The van der Waals surface area contributed by atoms with E-state index in [1.54, 1.807) is 0 Å². The van der Waals surface area contributed by atoms with Crippen molar-refractivity contribution in [2.24, 2.45) is 0 Å². The maximum Gasteiger partial charge on any atom is 0.0160 e. The quantitative estimate of drug-likeness (QED) is 0.404. The van der Waals surface area contributed by atoms with Crippen molar-refractivity contribution in [3.8, 4) is 0 Å². The molecular formula is C17H34S. The van der Waals surface area contributed by atoms with E-state index in [2.05, 4.69) is 25.6 Å². The molecule has 1 saturated carbocycles. The largest absolute Gasteiger partial charge is 0.155 e. The van der Waals surface area contributed by atoms with Crippen LogP contribution in [0.3, 0.4) is 0 Å². The molecule has 0 spiro atoms. The van der Waals surface area contributed by atoms with Crippen LogP contribution in [0, 0.1) is 0 Å². The van der Waals surface area contributed by atoms with Gasteiger partial charge in [0, 0.05) is 4.75 Å². The molecule has 0 bridgehead atoms. The molecule has 0 aromatic heterocycles. The number of rotatable bonds is 10. The summed E-state index contributed by atoms with van der Waals surface area (Å²) in [6.07, 6.45) is 19.0. The molecule has 1 aliphatic carbocycles. The minimum absolute atomic E-state index is 0.693. The number of hydrogen-bond donors (Lipinski definition) is 0. The van der Waals surface area contributed by atoms with Gasteiger partial charge in [0.05, 0.1) is 0 Å². The van der Waals surface area contributed by atoms with Crippen LogP contribution in [0.5, 0.6) is 0 Å². The molecule has 1 aliphatic rings. The third-order valence-corrected chi connectivity index (χ3v) is 6.12. The normalized spacial score (nSPS) is 19.0. The fraction of sp³-hybridized carbons (Fsp3) is 1.00. The van der Waals surface area contributed by atoms with Crippen LogP contribution in [0.1, 0.15) is 97.3 Å². The molecule has 1 fully saturated rings. The Morgan fingerprint density at radius 2 is 1.44 bits per heavy atom. The second kappa shape index (κ2) is 10.2. The van der Waals surface area contributed by atoms with Gasteiger partial charge in [0.25, 0.3) is 0 Å². The van der Waals surface area contributed by atoms with Gasteiger partial charge >= 0.3 is 0 Å². The lowest BCUT2D eigenvalue weighted by Gasteiger charge is -2.37. The molecule has 0 nitrogen and oxygen atoms in total. The monoisotopic (exact) mass is 270 g/mol. The highest BCUT2D eigenvalue weighted by molar-refractivity contribution is 8.00. The Morgan fingerprint density at radius 3 is 2.11 bits per heavy atom. The summed E-state index contributed by atoms with van der Waals surface area (Å²) >= 11 is 2.34. The predicted molar refractivity (Wildman–Crippen MR) is 86.6 cm³/mol. The lowest BCUT2D eigenvalue weighted by atomic mass is 9.85. The second-order valence-electron chi connectivity index (χ2n) is 6.11. The summed E-state index contributed by atoms with van der Waals surface area (Å²) in [5.74, 6) is 1.42. The van der Waals surface area contributed by atoms with Crippen LogP contribution in [0.25, 0.3) is 0 Å². The number of thioether (sulfide) groups is 1. The Kier molecular flexibility index (Phi) is 9.27. The van der Waals surface area contributed by atoms with Gasteiger partial charge in [-0.2, -0.15) is 11.8 Å². The van der Waals surface area contributed by atoms with Gasteiger partial charge in [0.15, 0.2) is 0 Å². The van der Waals surface area contributed by atoms with Crippen molar-refractivity contribution < 1.29 is 0 Å². The van der Waals surface area contributed by atoms with E-state index >= 15 is 0 Å². The Morgan fingerprint density at radius 1 is 0.778 bits per heavy atom. The van der Waals surface area contributed by atoms with Crippen LogP contribution in [0.15, 0.2) is 0 Å². The lowest BCUT2D eigenvalue weighted by Crippen LogP contribution is -2.28. The Bertz CT molecular complexity index is 182. The van der Waals surface area contributed by atoms with Crippen LogP contribution in [0.4, 0.5) is 0 Å². The van der Waals surface area contributed by atoms with Gasteiger partial charge in [-0.25, -0.2) is 0 Å². The van der Waals surface area contributed by atoms with E-state index in [1.165, 1.54) is 89.2 Å². The van der Waals surface area contributed by atoms with Crippen molar-refractivity contribution in [1.82, 2.24) is 0 Å². The summed E-state index contributed by atoms with van der Waals surface area (Å²) < 4.78 is 0.693. The Balaban J connectivity index is 2.19. The summed E-state index contributed by atoms with van der Waals surface area (Å²) in [6.45, 7) is 4.64. The maximum absolute atomic E-state index is 2.34. The Labute approximate surface area is 120 Å². The Hall–Kier alpha value is 0.350. The molecule has 0 aliphatic heterocycles. The van der Waals surface area contributed by atoms with Gasteiger partial charge in [-0.05, 0) is 31.4 Å². The molecule has 0 heterocycles. The molecule has 0 unspecified atom stereocenters. The molecule has 0 saturated heterocycles. The first-order valence-electron chi connectivity index (χ1n) is 8.47. The zero-order chi connectivity index (χ0) is 13.1. The minimum atomic E-state index is 0.693. The van der Waals surface area contributed by atoms with Crippen molar-refractivity contribution in [2.45, 2.75) is 102 Å². The van der Waals surface area contributed by atoms with Crippen LogP contribution < -0.4 is 0 Å². The fourth-order valence-corrected chi connectivity index (χ4v) is 4.80. The third-order valence-electron chi connectivity index (χ3n) is 4.41. The standard InChI is InChI=1S/C17H34S/c1-3-5-7-8-12-16-18-17(13-6-4-2)14-10-9-11-15-17/h3-16H2,1-2H3. The van der Waals surface area contributed by atoms with E-state index in [1.807, 2.05) is 0 Å². The van der Waals surface area contributed by atoms with E-state index in [0.29, 0.717) is 4.75 Å². The third kappa shape index (κ3) is 6.50. The van der Waals surface area contributed by atoms with Gasteiger partial charge in [0.2, 0.25) is 0 Å². The molecule has 18 heavy (non-hydrogen) atoms. The summed E-state index contributed by atoms with van der Waals surface area (Å²) in [7, 11) is 0. The molecular weight excluding hydrogens is 236 g/mol. The van der Waals surface area contributed by atoms with Gasteiger partial charge < -0.3 is 0 Å². The van der Waals surface area contributed by atoms with Crippen molar-refractivity contribution in [3.05, 3.63) is 0 Å². The van der Waals surface area contributed by atoms with Crippen molar-refractivity contribution >= 4 is 11.8 Å². The summed E-state index contributed by atoms with van der Waals surface area (Å²) in [5, 5.41) is 0. The lowest BCUT2D eigenvalue weighted by molar-refractivity contribution is 0.369. The average molecular weight is 271 g/mol. The summed E-state index contributed by atoms with van der Waals surface area (Å²) in [4.78, 5) is 0. The number of hydrogen-bond acceptors (Lipinski definition) is 1. The molecule has 108 valence electrons.